The number of nitrogens with one attached hydrogen (secondary N) is 1. The predicted molar refractivity (Wildman–Crippen MR) is 80.1 cm³/mol. The second-order valence-electron chi connectivity index (χ2n) is 6.13. The molecule has 0 bridgehead atoms. The van der Waals surface area contributed by atoms with E-state index < -0.39 is 0 Å². The van der Waals surface area contributed by atoms with Crippen molar-refractivity contribution in [3.63, 3.8) is 0 Å². The summed E-state index contributed by atoms with van der Waals surface area (Å²) in [6.07, 6.45) is 6.87. The van der Waals surface area contributed by atoms with E-state index in [0.29, 0.717) is 0 Å². The summed E-state index contributed by atoms with van der Waals surface area (Å²) in [7, 11) is 0. The van der Waals surface area contributed by atoms with Crippen LogP contribution in [0.5, 0.6) is 0 Å². The van der Waals surface area contributed by atoms with Crippen molar-refractivity contribution in [2.24, 2.45) is 0 Å². The maximum atomic E-state index is 13.5. The lowest BCUT2D eigenvalue weighted by atomic mass is 9.86. The molecule has 1 unspecified atom stereocenters. The maximum absolute atomic E-state index is 13.5. The molecule has 4 heteroatoms. The molecule has 1 saturated heterocycles. The average Bonchev–Trinajstić information content (AvgIpc) is 2.45. The van der Waals surface area contributed by atoms with Gasteiger partial charge >= 0.3 is 0 Å². The Labute approximate surface area is 121 Å². The molecule has 1 fully saturated rings. The van der Waals surface area contributed by atoms with Crippen molar-refractivity contribution in [2.75, 3.05) is 19.6 Å². The summed E-state index contributed by atoms with van der Waals surface area (Å²) in [6, 6.07) is 1.69. The van der Waals surface area contributed by atoms with Crippen LogP contribution < -0.4 is 5.32 Å². The zero-order valence-corrected chi connectivity index (χ0v) is 12.8. The van der Waals surface area contributed by atoms with Crippen molar-refractivity contribution in [1.29, 1.82) is 0 Å². The molecule has 112 valence electrons. The second-order valence-corrected chi connectivity index (χ2v) is 6.13. The van der Waals surface area contributed by atoms with Crippen molar-refractivity contribution in [3.05, 3.63) is 29.8 Å². The van der Waals surface area contributed by atoms with Crippen molar-refractivity contribution in [1.82, 2.24) is 15.2 Å². The minimum Gasteiger partial charge on any atom is -0.309 e. The van der Waals surface area contributed by atoms with Gasteiger partial charge in [0.2, 0.25) is 0 Å². The average molecular weight is 279 g/mol. The molecular weight excluding hydrogens is 253 g/mol. The number of aromatic nitrogens is 1. The Balaban J connectivity index is 2.26. The normalized spacial score (nSPS) is 19.0. The smallest absolute Gasteiger partial charge is 0.141 e. The van der Waals surface area contributed by atoms with E-state index in [1.807, 2.05) is 0 Å². The number of pyridine rings is 1. The molecule has 2 heterocycles. The van der Waals surface area contributed by atoms with Crippen molar-refractivity contribution in [2.45, 2.75) is 51.6 Å². The molecule has 1 aromatic heterocycles. The second kappa shape index (κ2) is 6.64. The summed E-state index contributed by atoms with van der Waals surface area (Å²) in [6.45, 7) is 9.69. The Bertz CT molecular complexity index is 427. The zero-order chi connectivity index (χ0) is 14.6. The maximum Gasteiger partial charge on any atom is 0.141 e. The third-order valence-corrected chi connectivity index (χ3v) is 4.35. The summed E-state index contributed by atoms with van der Waals surface area (Å²) in [5.74, 6) is -0.264. The van der Waals surface area contributed by atoms with Crippen LogP contribution in [0.3, 0.4) is 0 Å². The van der Waals surface area contributed by atoms with E-state index in [9.17, 15) is 4.39 Å². The molecule has 20 heavy (non-hydrogen) atoms. The number of hydrogen-bond acceptors (Lipinski definition) is 3. The highest BCUT2D eigenvalue weighted by Gasteiger charge is 2.36. The first-order valence-corrected chi connectivity index (χ1v) is 7.64. The molecule has 1 aliphatic rings. The van der Waals surface area contributed by atoms with Crippen LogP contribution in [0.15, 0.2) is 18.5 Å². The number of rotatable bonds is 5. The van der Waals surface area contributed by atoms with Gasteiger partial charge in [-0.25, -0.2) is 4.39 Å². The van der Waals surface area contributed by atoms with Crippen LogP contribution in [0.4, 0.5) is 4.39 Å². The van der Waals surface area contributed by atoms with Gasteiger partial charge in [-0.3, -0.25) is 9.88 Å². The van der Waals surface area contributed by atoms with Gasteiger partial charge in [-0.05, 0) is 58.0 Å². The molecule has 0 aliphatic carbocycles. The fourth-order valence-electron chi connectivity index (χ4n) is 3.22. The summed E-state index contributed by atoms with van der Waals surface area (Å²) in [5, 5.41) is 3.52. The Morgan fingerprint density at radius 2 is 2.00 bits per heavy atom. The van der Waals surface area contributed by atoms with E-state index in [4.69, 9.17) is 0 Å². The largest absolute Gasteiger partial charge is 0.309 e. The molecule has 2 rings (SSSR count). The van der Waals surface area contributed by atoms with Gasteiger partial charge in [-0.15, -0.1) is 0 Å². The standard InChI is InChI=1S/C16H26FN3/c1-4-19-15(13-10-14(17)12-18-11-13)16(2,3)20-8-6-5-7-9-20/h10-12,15,19H,4-9H2,1-3H3. The molecule has 1 atom stereocenters. The van der Waals surface area contributed by atoms with E-state index in [-0.39, 0.29) is 17.4 Å². The molecule has 1 N–H and O–H groups in total. The van der Waals surface area contributed by atoms with Gasteiger partial charge in [0.05, 0.1) is 12.2 Å². The lowest BCUT2D eigenvalue weighted by molar-refractivity contribution is 0.0611. The van der Waals surface area contributed by atoms with Gasteiger partial charge < -0.3 is 5.32 Å². The van der Waals surface area contributed by atoms with E-state index in [1.54, 1.807) is 12.3 Å². The Morgan fingerprint density at radius 3 is 2.60 bits per heavy atom. The molecule has 1 aromatic rings. The molecule has 0 saturated carbocycles. The predicted octanol–water partition coefficient (Wildman–Crippen LogP) is 3.14. The number of likely N-dealkylation sites (N-methyl/N-ethyl adjacent to an activating group) is 1. The third kappa shape index (κ3) is 3.36. The Morgan fingerprint density at radius 1 is 1.30 bits per heavy atom. The summed E-state index contributed by atoms with van der Waals surface area (Å²) in [4.78, 5) is 6.54. The minimum atomic E-state index is -0.264. The Hall–Kier alpha value is -1.00. The van der Waals surface area contributed by atoms with Gasteiger partial charge in [0, 0.05) is 11.7 Å². The van der Waals surface area contributed by atoms with E-state index in [1.165, 1.54) is 25.5 Å². The van der Waals surface area contributed by atoms with Crippen LogP contribution in [0.25, 0.3) is 0 Å². The van der Waals surface area contributed by atoms with Gasteiger partial charge in [0.1, 0.15) is 5.82 Å². The third-order valence-electron chi connectivity index (χ3n) is 4.35. The molecule has 0 amide bonds. The number of halogens is 1. The van der Waals surface area contributed by atoms with Crippen LogP contribution in [0.2, 0.25) is 0 Å². The molecule has 0 spiro atoms. The number of nitrogens with zero attached hydrogens (tertiary/aromatic N) is 2. The van der Waals surface area contributed by atoms with Gasteiger partial charge in [0.25, 0.3) is 0 Å². The molecule has 1 aliphatic heterocycles. The van der Waals surface area contributed by atoms with Crippen LogP contribution in [0, 0.1) is 5.82 Å². The fraction of sp³-hybridized carbons (Fsp3) is 0.688. The minimum absolute atomic E-state index is 0.0497. The first kappa shape index (κ1) is 15.4. The molecule has 0 aromatic carbocycles. The lowest BCUT2D eigenvalue weighted by Gasteiger charge is -2.46. The van der Waals surface area contributed by atoms with E-state index in [2.05, 4.69) is 36.0 Å². The highest BCUT2D eigenvalue weighted by molar-refractivity contribution is 5.20. The van der Waals surface area contributed by atoms with Crippen LogP contribution in [0.1, 0.15) is 51.6 Å². The van der Waals surface area contributed by atoms with Gasteiger partial charge in [-0.1, -0.05) is 13.3 Å². The number of hydrogen-bond donors (Lipinski definition) is 1. The monoisotopic (exact) mass is 279 g/mol. The molecule has 3 nitrogen and oxygen atoms in total. The van der Waals surface area contributed by atoms with Gasteiger partial charge in [-0.2, -0.15) is 0 Å². The van der Waals surface area contributed by atoms with E-state index >= 15 is 0 Å². The van der Waals surface area contributed by atoms with Crippen molar-refractivity contribution >= 4 is 0 Å². The van der Waals surface area contributed by atoms with Crippen LogP contribution in [-0.4, -0.2) is 35.1 Å². The molecule has 0 radical (unpaired) electrons. The number of piperidine rings is 1. The van der Waals surface area contributed by atoms with E-state index in [0.717, 1.165) is 25.2 Å². The quantitative estimate of drug-likeness (QED) is 0.897. The lowest BCUT2D eigenvalue weighted by Crippen LogP contribution is -2.54. The Kier molecular flexibility index (Phi) is 5.11. The first-order chi connectivity index (χ1) is 9.55. The van der Waals surface area contributed by atoms with Gasteiger partial charge in [0.15, 0.2) is 0 Å². The summed E-state index contributed by atoms with van der Waals surface area (Å²) < 4.78 is 13.5. The number of likely N-dealkylation sites (tertiary alicyclic amines) is 1. The highest BCUT2D eigenvalue weighted by atomic mass is 19.1. The SMILES string of the molecule is CCNC(c1cncc(F)c1)C(C)(C)N1CCCCC1. The topological polar surface area (TPSA) is 28.2 Å². The van der Waals surface area contributed by atoms with Crippen LogP contribution in [-0.2, 0) is 0 Å². The van der Waals surface area contributed by atoms with Crippen LogP contribution >= 0.6 is 0 Å². The van der Waals surface area contributed by atoms with Crippen molar-refractivity contribution < 1.29 is 4.39 Å². The molecular formula is C16H26FN3. The fourth-order valence-corrected chi connectivity index (χ4v) is 3.22. The summed E-state index contributed by atoms with van der Waals surface area (Å²) >= 11 is 0. The first-order valence-electron chi connectivity index (χ1n) is 7.64. The van der Waals surface area contributed by atoms with Crippen molar-refractivity contribution in [3.8, 4) is 0 Å². The highest BCUT2D eigenvalue weighted by Crippen LogP contribution is 2.33. The summed E-state index contributed by atoms with van der Waals surface area (Å²) in [5.41, 5.74) is 0.883. The zero-order valence-electron chi connectivity index (χ0n) is 12.8.